The lowest BCUT2D eigenvalue weighted by molar-refractivity contribution is -0.161. The van der Waals surface area contributed by atoms with Crippen LogP contribution < -0.4 is 0 Å². The topological polar surface area (TPSA) is 149 Å². The molecule has 302 valence electrons. The maximum atomic E-state index is 12.6. The molecule has 0 aliphatic carbocycles. The molecule has 52 heavy (non-hydrogen) atoms. The number of allylic oxidation sites excluding steroid dienone is 8. The number of esters is 2. The number of rotatable bonds is 37. The number of aliphatic hydroxyl groups excluding tert-OH is 2. The largest absolute Gasteiger partial charge is 0.472 e. The normalized spacial score (nSPS) is 14.5. The monoisotopic (exact) mass is 756 g/mol. The highest BCUT2D eigenvalue weighted by Crippen LogP contribution is 2.43. The molecule has 3 N–H and O–H groups in total. The molecule has 0 saturated heterocycles. The van der Waals surface area contributed by atoms with Gasteiger partial charge in [0, 0.05) is 12.8 Å². The fraction of sp³-hybridized carbons (Fsp3) is 0.756. The fourth-order valence-electron chi connectivity index (χ4n) is 5.16. The van der Waals surface area contributed by atoms with Gasteiger partial charge in [0.1, 0.15) is 12.7 Å². The molecular weight excluding hydrogens is 683 g/mol. The first-order valence-electron chi connectivity index (χ1n) is 20.1. The highest BCUT2D eigenvalue weighted by molar-refractivity contribution is 7.47. The van der Waals surface area contributed by atoms with Gasteiger partial charge in [-0.25, -0.2) is 4.57 Å². The number of phosphoric acid groups is 1. The Morgan fingerprint density at radius 2 is 1.06 bits per heavy atom. The molecule has 0 spiro atoms. The fourth-order valence-corrected chi connectivity index (χ4v) is 5.95. The third-order valence-electron chi connectivity index (χ3n) is 8.25. The third-order valence-corrected chi connectivity index (χ3v) is 9.20. The lowest BCUT2D eigenvalue weighted by Crippen LogP contribution is -2.29. The van der Waals surface area contributed by atoms with E-state index in [4.69, 9.17) is 19.1 Å². The zero-order valence-corrected chi connectivity index (χ0v) is 33.4. The molecule has 1 unspecified atom stereocenters. The van der Waals surface area contributed by atoms with Gasteiger partial charge in [-0.3, -0.25) is 18.6 Å². The first-order valence-corrected chi connectivity index (χ1v) is 21.6. The average molecular weight is 757 g/mol. The minimum absolute atomic E-state index is 0.176. The Morgan fingerprint density at radius 3 is 1.60 bits per heavy atom. The molecule has 10 nitrogen and oxygen atoms in total. The summed E-state index contributed by atoms with van der Waals surface area (Å²) < 4.78 is 32.6. The van der Waals surface area contributed by atoms with E-state index in [-0.39, 0.29) is 19.4 Å². The quantitative estimate of drug-likeness (QED) is 0.0242. The summed E-state index contributed by atoms with van der Waals surface area (Å²) in [5, 5.41) is 18.3. The zero-order valence-electron chi connectivity index (χ0n) is 32.5. The number of carbonyl (C=O) groups is 2. The Labute approximate surface area is 315 Å². The molecule has 11 heteroatoms. The summed E-state index contributed by atoms with van der Waals surface area (Å²) in [7, 11) is -4.62. The van der Waals surface area contributed by atoms with Gasteiger partial charge in [0.2, 0.25) is 0 Å². The van der Waals surface area contributed by atoms with Crippen LogP contribution in [0, 0.1) is 0 Å². The van der Waals surface area contributed by atoms with E-state index in [2.05, 4.69) is 67.0 Å². The predicted octanol–water partition coefficient (Wildman–Crippen LogP) is 10.2. The van der Waals surface area contributed by atoms with Gasteiger partial charge >= 0.3 is 19.8 Å². The average Bonchev–Trinajstić information content (AvgIpc) is 3.13. The number of phosphoric ester groups is 1. The van der Waals surface area contributed by atoms with Crippen molar-refractivity contribution in [3.8, 4) is 0 Å². The molecule has 0 amide bonds. The molecular formula is C41H73O10P. The summed E-state index contributed by atoms with van der Waals surface area (Å²) in [6, 6.07) is 0. The van der Waals surface area contributed by atoms with Crippen LogP contribution in [0.2, 0.25) is 0 Å². The molecule has 0 fully saturated rings. The summed E-state index contributed by atoms with van der Waals surface area (Å²) in [5.74, 6) is -0.974. The van der Waals surface area contributed by atoms with Gasteiger partial charge in [-0.15, -0.1) is 0 Å². The first kappa shape index (κ1) is 49.9. The van der Waals surface area contributed by atoms with E-state index in [0.717, 1.165) is 57.8 Å². The van der Waals surface area contributed by atoms with Gasteiger partial charge in [0.05, 0.1) is 19.8 Å². The minimum atomic E-state index is -4.62. The number of ether oxygens (including phenoxy) is 2. The van der Waals surface area contributed by atoms with Crippen LogP contribution in [-0.4, -0.2) is 65.7 Å². The van der Waals surface area contributed by atoms with Crippen molar-refractivity contribution in [2.45, 2.75) is 174 Å². The number of hydrogen-bond donors (Lipinski definition) is 3. The minimum Gasteiger partial charge on any atom is -0.462 e. The molecule has 0 aliphatic rings. The van der Waals surface area contributed by atoms with Crippen molar-refractivity contribution in [1.29, 1.82) is 0 Å². The Hall–Kier alpha value is -2.07. The second-order valence-corrected chi connectivity index (χ2v) is 14.7. The first-order chi connectivity index (χ1) is 25.2. The van der Waals surface area contributed by atoms with Crippen LogP contribution in [0.3, 0.4) is 0 Å². The van der Waals surface area contributed by atoms with Crippen LogP contribution in [0.4, 0.5) is 0 Å². The van der Waals surface area contributed by atoms with Gasteiger partial charge < -0.3 is 24.6 Å². The van der Waals surface area contributed by atoms with E-state index in [0.29, 0.717) is 12.8 Å². The van der Waals surface area contributed by atoms with Crippen molar-refractivity contribution in [3.63, 3.8) is 0 Å². The Kier molecular flexibility index (Phi) is 35.8. The number of aliphatic hydroxyl groups is 2. The van der Waals surface area contributed by atoms with E-state index in [1.165, 1.54) is 64.2 Å². The van der Waals surface area contributed by atoms with Gasteiger partial charge in [0.15, 0.2) is 6.10 Å². The summed E-state index contributed by atoms with van der Waals surface area (Å²) in [5.41, 5.74) is 0. The Morgan fingerprint density at radius 1 is 0.596 bits per heavy atom. The van der Waals surface area contributed by atoms with Gasteiger partial charge in [-0.1, -0.05) is 146 Å². The van der Waals surface area contributed by atoms with Crippen LogP contribution in [-0.2, 0) is 32.7 Å². The highest BCUT2D eigenvalue weighted by Gasteiger charge is 2.27. The maximum absolute atomic E-state index is 12.6. The number of carbonyl (C=O) groups excluding carboxylic acids is 2. The van der Waals surface area contributed by atoms with Crippen molar-refractivity contribution in [2.75, 3.05) is 26.4 Å². The molecule has 0 aromatic rings. The number of unbranched alkanes of at least 4 members (excludes halogenated alkanes) is 15. The SMILES string of the molecule is CC/C=C\C/C=C\C/C=C\C/C=C\CCCCC(=O)OC[C@H](COP(=O)(O)OC[C@@H](O)CO)OC(=O)CCCCCCCCCCCCCCCC. The lowest BCUT2D eigenvalue weighted by Gasteiger charge is -2.20. The third kappa shape index (κ3) is 36.3. The smallest absolute Gasteiger partial charge is 0.462 e. The van der Waals surface area contributed by atoms with Crippen molar-refractivity contribution >= 4 is 19.8 Å². The van der Waals surface area contributed by atoms with Gasteiger partial charge in [0.25, 0.3) is 0 Å². The second-order valence-electron chi connectivity index (χ2n) is 13.3. The second kappa shape index (κ2) is 37.3. The zero-order chi connectivity index (χ0) is 38.4. The standard InChI is InChI=1S/C41H73O10P/c1-3-5-7-9-11-13-15-17-19-21-22-24-26-28-30-32-40(44)48-36-39(37-50-52(46,47)49-35-38(43)34-42)51-41(45)33-31-29-27-25-23-20-18-16-14-12-10-8-6-4-2/h5,7,11,13,17,19,22,24,38-39,42-43H,3-4,6,8-10,12,14-16,18,20-21,23,25-37H2,1-2H3,(H,46,47)/b7-5-,13-11-,19-17-,24-22-/t38-,39+/m0/s1. The summed E-state index contributed by atoms with van der Waals surface area (Å²) >= 11 is 0. The van der Waals surface area contributed by atoms with Crippen molar-refractivity contribution in [2.24, 2.45) is 0 Å². The van der Waals surface area contributed by atoms with Crippen molar-refractivity contribution in [3.05, 3.63) is 48.6 Å². The maximum Gasteiger partial charge on any atom is 0.472 e. The van der Waals surface area contributed by atoms with E-state index in [9.17, 15) is 24.2 Å². The molecule has 0 rings (SSSR count). The van der Waals surface area contributed by atoms with Crippen LogP contribution >= 0.6 is 7.82 Å². The molecule has 0 radical (unpaired) electrons. The predicted molar refractivity (Wildman–Crippen MR) is 210 cm³/mol. The molecule has 0 aliphatic heterocycles. The number of hydrogen-bond acceptors (Lipinski definition) is 9. The van der Waals surface area contributed by atoms with E-state index < -0.39 is 51.8 Å². The van der Waals surface area contributed by atoms with Gasteiger partial charge in [-0.05, 0) is 51.4 Å². The molecule has 0 bridgehead atoms. The van der Waals surface area contributed by atoms with Crippen LogP contribution in [0.5, 0.6) is 0 Å². The molecule has 0 aromatic heterocycles. The van der Waals surface area contributed by atoms with Crippen molar-refractivity contribution < 1.29 is 47.8 Å². The van der Waals surface area contributed by atoms with Gasteiger partial charge in [-0.2, -0.15) is 0 Å². The van der Waals surface area contributed by atoms with E-state index in [1.807, 2.05) is 0 Å². The van der Waals surface area contributed by atoms with Crippen molar-refractivity contribution in [1.82, 2.24) is 0 Å². The summed E-state index contributed by atoms with van der Waals surface area (Å²) in [6.07, 6.45) is 37.9. The van der Waals surface area contributed by atoms with Crippen LogP contribution in [0.1, 0.15) is 162 Å². The summed E-state index contributed by atoms with van der Waals surface area (Å²) in [4.78, 5) is 34.9. The molecule has 0 aromatic carbocycles. The van der Waals surface area contributed by atoms with E-state index in [1.54, 1.807) is 0 Å². The Balaban J connectivity index is 4.41. The van der Waals surface area contributed by atoms with Crippen LogP contribution in [0.15, 0.2) is 48.6 Å². The Bertz CT molecular complexity index is 1010. The van der Waals surface area contributed by atoms with Crippen LogP contribution in [0.25, 0.3) is 0 Å². The van der Waals surface area contributed by atoms with E-state index >= 15 is 0 Å². The molecule has 0 saturated carbocycles. The summed E-state index contributed by atoms with van der Waals surface area (Å²) in [6.45, 7) is 2.21. The molecule has 0 heterocycles. The molecule has 3 atom stereocenters. The highest BCUT2D eigenvalue weighted by atomic mass is 31.2. The lowest BCUT2D eigenvalue weighted by atomic mass is 10.0.